The lowest BCUT2D eigenvalue weighted by Crippen LogP contribution is -2.22. The summed E-state index contributed by atoms with van der Waals surface area (Å²) in [5.41, 5.74) is 4.93. The average molecular weight is 720 g/mol. The second kappa shape index (κ2) is 15.5. The van der Waals surface area contributed by atoms with Gasteiger partial charge in [-0.2, -0.15) is 0 Å². The Labute approximate surface area is 314 Å². The van der Waals surface area contributed by atoms with Gasteiger partial charge in [-0.05, 0) is 72.4 Å². The van der Waals surface area contributed by atoms with Crippen molar-refractivity contribution in [3.05, 3.63) is 131 Å². The molecule has 6 heteroatoms. The van der Waals surface area contributed by atoms with Crippen LogP contribution in [-0.2, 0) is 24.4 Å². The highest BCUT2D eigenvalue weighted by atomic mass is 32.1. The molecule has 0 aliphatic heterocycles. The van der Waals surface area contributed by atoms with Gasteiger partial charge in [0, 0.05) is 79.6 Å². The van der Waals surface area contributed by atoms with Crippen LogP contribution < -0.4 is 15.4 Å². The zero-order valence-electron chi connectivity index (χ0n) is 30.6. The summed E-state index contributed by atoms with van der Waals surface area (Å²) in [6, 6.07) is 34.4. The van der Waals surface area contributed by atoms with Crippen LogP contribution in [0.2, 0.25) is 0 Å². The third kappa shape index (κ3) is 6.72. The smallest absolute Gasteiger partial charge is 0.238 e. The summed E-state index contributed by atoms with van der Waals surface area (Å²) in [5, 5.41) is 29.8. The van der Waals surface area contributed by atoms with Gasteiger partial charge < -0.3 is 24.1 Å². The number of hydrogen-bond donors (Lipinski definition) is 2. The number of aromatic nitrogens is 2. The topological polar surface area (TPSA) is 59.5 Å². The van der Waals surface area contributed by atoms with Crippen molar-refractivity contribution < 1.29 is 14.9 Å². The number of hydrogen-bond acceptors (Lipinski definition) is 3. The van der Waals surface area contributed by atoms with E-state index in [0.717, 1.165) is 59.8 Å². The molecule has 5 nitrogen and oxygen atoms in total. The first-order chi connectivity index (χ1) is 26.1. The van der Waals surface area contributed by atoms with Gasteiger partial charge in [-0.1, -0.05) is 93.1 Å². The van der Waals surface area contributed by atoms with Crippen LogP contribution in [0.4, 0.5) is 0 Å². The molecule has 1 atom stereocenters. The van der Waals surface area contributed by atoms with E-state index in [1.54, 1.807) is 0 Å². The summed E-state index contributed by atoms with van der Waals surface area (Å²) >= 11 is 1.83. The normalized spacial score (nSPS) is 18.3. The number of aliphatic hydroxyl groups is 2. The Kier molecular flexibility index (Phi) is 10.3. The van der Waals surface area contributed by atoms with Gasteiger partial charge >= 0.3 is 0 Å². The highest BCUT2D eigenvalue weighted by Crippen LogP contribution is 2.33. The van der Waals surface area contributed by atoms with Crippen molar-refractivity contribution in [3.8, 4) is 5.75 Å². The second-order valence-electron chi connectivity index (χ2n) is 14.1. The first kappa shape index (κ1) is 35.0. The minimum atomic E-state index is 0.0759. The van der Waals surface area contributed by atoms with Gasteiger partial charge in [0.25, 0.3) is 0 Å². The molecule has 1 saturated carbocycles. The lowest BCUT2D eigenvalue weighted by Gasteiger charge is -2.21. The van der Waals surface area contributed by atoms with Gasteiger partial charge in [0.05, 0.1) is 19.8 Å². The minimum Gasteiger partial charge on any atom is -0.494 e. The minimum absolute atomic E-state index is 0.0759. The van der Waals surface area contributed by atoms with E-state index in [1.165, 1.54) is 53.2 Å². The average Bonchev–Trinajstić information content (AvgIpc) is 3.65. The summed E-state index contributed by atoms with van der Waals surface area (Å²) in [5.74, 6) is 1.26. The van der Waals surface area contributed by atoms with Crippen molar-refractivity contribution in [1.29, 1.82) is 0 Å². The Bertz CT molecular complexity index is 2610. The molecule has 1 unspecified atom stereocenters. The number of benzene rings is 5. The molecule has 0 saturated heterocycles. The van der Waals surface area contributed by atoms with Gasteiger partial charge in [-0.3, -0.25) is 0 Å². The molecule has 2 heterocycles. The molecule has 268 valence electrons. The first-order valence-electron chi connectivity index (χ1n) is 19.0. The van der Waals surface area contributed by atoms with E-state index in [4.69, 9.17) is 4.74 Å². The van der Waals surface area contributed by atoms with Crippen LogP contribution >= 0.6 is 0 Å². The molecule has 0 radical (unpaired) electrons. The predicted molar refractivity (Wildman–Crippen MR) is 224 cm³/mol. The largest absolute Gasteiger partial charge is 0.494 e. The van der Waals surface area contributed by atoms with E-state index in [0.29, 0.717) is 19.0 Å². The Morgan fingerprint density at radius 1 is 0.717 bits per heavy atom. The summed E-state index contributed by atoms with van der Waals surface area (Å²) < 4.78 is 10.5. The molecule has 0 spiro atoms. The molecule has 1 aliphatic carbocycles. The number of unbranched alkanes of at least 4 members (excludes halogenated alkanes) is 1. The van der Waals surface area contributed by atoms with Crippen molar-refractivity contribution in [1.82, 2.24) is 9.13 Å². The van der Waals surface area contributed by atoms with Crippen LogP contribution in [0.15, 0.2) is 125 Å². The van der Waals surface area contributed by atoms with Crippen molar-refractivity contribution >= 4 is 71.7 Å². The monoisotopic (exact) mass is 719 g/mol. The molecular formula is C47H47N2O3S+. The number of aliphatic hydroxyl groups excluding tert-OH is 2. The number of nitrogens with zero attached hydrogens (tertiary/aromatic N) is 2. The first-order valence-corrected chi connectivity index (χ1v) is 19.8. The second-order valence-corrected chi connectivity index (χ2v) is 15.2. The Morgan fingerprint density at radius 3 is 1.85 bits per heavy atom. The highest BCUT2D eigenvalue weighted by molar-refractivity contribution is 7.79. The van der Waals surface area contributed by atoms with Crippen LogP contribution in [0.3, 0.4) is 0 Å². The molecule has 2 aromatic heterocycles. The number of allylic oxidation sites excluding steroid dienone is 4. The van der Waals surface area contributed by atoms with Gasteiger partial charge in [0.15, 0.2) is 0 Å². The highest BCUT2D eigenvalue weighted by Gasteiger charge is 2.31. The Morgan fingerprint density at radius 2 is 1.28 bits per heavy atom. The molecule has 1 aliphatic rings. The molecule has 7 aromatic rings. The summed E-state index contributed by atoms with van der Waals surface area (Å²) in [6.07, 6.45) is 13.4. The quantitative estimate of drug-likeness (QED) is 0.0612. The van der Waals surface area contributed by atoms with Crippen LogP contribution in [0.5, 0.6) is 5.75 Å². The SMILES string of the molecule is CCCCOc1ccc([S+]=C2/C(=C/C=c3\c4cccc5cccc(c54)n3CCO)CCC(C)/C2=C\C=c2/c3cccc4cccc(c43)n2CCO)cc1. The maximum Gasteiger partial charge on any atom is 0.238 e. The molecule has 2 N–H and O–H groups in total. The zero-order chi connectivity index (χ0) is 36.3. The Balaban J connectivity index is 1.31. The van der Waals surface area contributed by atoms with E-state index in [2.05, 4.69) is 144 Å². The van der Waals surface area contributed by atoms with E-state index in [-0.39, 0.29) is 13.2 Å². The molecular weight excluding hydrogens is 673 g/mol. The fraction of sp³-hybridized carbons (Fsp3) is 0.255. The molecule has 53 heavy (non-hydrogen) atoms. The molecule has 1 fully saturated rings. The molecule has 8 rings (SSSR count). The lowest BCUT2D eigenvalue weighted by atomic mass is 9.81. The predicted octanol–water partition coefficient (Wildman–Crippen LogP) is 8.36. The third-order valence-corrected chi connectivity index (χ3v) is 11.9. The van der Waals surface area contributed by atoms with E-state index < -0.39 is 0 Å². The molecule has 0 amide bonds. The standard InChI is InChI=1S/C47H47N2O3S/c1-3-4-31-52-36-20-22-37(23-21-36)53-47-35(19-25-41-39-13-5-9-33-11-7-15-43(45(33)39)48(41)27-29-50)18-17-32(2)38(47)24-26-42-40-14-6-10-34-12-8-16-44(46(34)40)49(42)28-30-51/h5-16,19-26,32,50-51H,3-4,17-18,27-31H2,1-2H3/q+1/b35-19+,38-24+,41-25+,42-26+. The maximum atomic E-state index is 10.1. The van der Waals surface area contributed by atoms with Crippen molar-refractivity contribution in [2.24, 2.45) is 5.92 Å². The summed E-state index contributed by atoms with van der Waals surface area (Å²) in [7, 11) is 0. The Hall–Kier alpha value is -5.01. The van der Waals surface area contributed by atoms with Crippen LogP contribution in [0.25, 0.3) is 55.5 Å². The van der Waals surface area contributed by atoms with Gasteiger partial charge in [0.1, 0.15) is 5.75 Å². The molecule has 0 bridgehead atoms. The number of rotatable bonds is 11. The molecule has 5 aromatic carbocycles. The summed E-state index contributed by atoms with van der Waals surface area (Å²) in [4.78, 5) is 2.45. The van der Waals surface area contributed by atoms with E-state index in [1.807, 2.05) is 11.4 Å². The summed E-state index contributed by atoms with van der Waals surface area (Å²) in [6.45, 7) is 6.49. The van der Waals surface area contributed by atoms with Crippen LogP contribution in [0.1, 0.15) is 39.5 Å². The number of ether oxygens (including phenoxy) is 1. The lowest BCUT2D eigenvalue weighted by molar-refractivity contribution is 0.277. The zero-order valence-corrected chi connectivity index (χ0v) is 31.4. The van der Waals surface area contributed by atoms with Gasteiger partial charge in [0.2, 0.25) is 21.1 Å². The fourth-order valence-corrected chi connectivity index (χ4v) is 9.28. The van der Waals surface area contributed by atoms with Gasteiger partial charge in [-0.25, -0.2) is 0 Å². The van der Waals surface area contributed by atoms with E-state index in [9.17, 15) is 10.2 Å². The van der Waals surface area contributed by atoms with Crippen molar-refractivity contribution in [2.45, 2.75) is 57.5 Å². The van der Waals surface area contributed by atoms with Gasteiger partial charge in [-0.15, -0.1) is 0 Å². The van der Waals surface area contributed by atoms with Crippen LogP contribution in [0, 0.1) is 5.92 Å². The van der Waals surface area contributed by atoms with E-state index >= 15 is 0 Å². The maximum absolute atomic E-state index is 10.1. The van der Waals surface area contributed by atoms with Crippen molar-refractivity contribution in [3.63, 3.8) is 0 Å². The third-order valence-electron chi connectivity index (χ3n) is 10.7. The van der Waals surface area contributed by atoms with Crippen molar-refractivity contribution in [2.75, 3.05) is 19.8 Å². The van der Waals surface area contributed by atoms with Crippen LogP contribution in [-0.4, -0.2) is 44.0 Å². The fourth-order valence-electron chi connectivity index (χ4n) is 8.09.